The maximum absolute atomic E-state index is 5.36. The lowest BCUT2D eigenvalue weighted by atomic mass is 10.2. The molecule has 0 N–H and O–H groups in total. The summed E-state index contributed by atoms with van der Waals surface area (Å²) in [5.41, 5.74) is 0.822. The highest BCUT2D eigenvalue weighted by atomic mass is 32.1. The van der Waals surface area contributed by atoms with Gasteiger partial charge in [-0.1, -0.05) is 37.3 Å². The van der Waals surface area contributed by atoms with Gasteiger partial charge >= 0.3 is 0 Å². The van der Waals surface area contributed by atoms with Crippen molar-refractivity contribution in [3.8, 4) is 0 Å². The van der Waals surface area contributed by atoms with Crippen LogP contribution in [-0.4, -0.2) is 5.75 Å². The average Bonchev–Trinajstić information content (AvgIpc) is 1.91. The number of rotatable bonds is 0. The molecule has 0 bridgehead atoms. The molecule has 0 atom stereocenters. The first-order valence-electron chi connectivity index (χ1n) is 3.22. The van der Waals surface area contributed by atoms with Gasteiger partial charge in [-0.15, -0.1) is 0 Å². The van der Waals surface area contributed by atoms with Crippen molar-refractivity contribution in [1.29, 1.82) is 0 Å². The van der Waals surface area contributed by atoms with Gasteiger partial charge in [0.05, 0.1) is 0 Å². The Bertz CT molecular complexity index is 146. The Morgan fingerprint density at radius 2 is 1.70 bits per heavy atom. The van der Waals surface area contributed by atoms with Gasteiger partial charge < -0.3 is 0 Å². The van der Waals surface area contributed by atoms with E-state index in [9.17, 15) is 0 Å². The summed E-state index contributed by atoms with van der Waals surface area (Å²) in [6.07, 6.45) is 0. The molecule has 1 heteroatoms. The van der Waals surface area contributed by atoms with Crippen LogP contribution in [0.25, 0.3) is 0 Å². The Morgan fingerprint density at radius 3 is 1.90 bits per heavy atom. The van der Waals surface area contributed by atoms with E-state index in [1.807, 2.05) is 37.3 Å². The average molecular weight is 152 g/mol. The Morgan fingerprint density at radius 1 is 1.30 bits per heavy atom. The van der Waals surface area contributed by atoms with Crippen LogP contribution in [-0.2, 0) is 0 Å². The second-order valence-electron chi connectivity index (χ2n) is 1.73. The van der Waals surface area contributed by atoms with Crippen molar-refractivity contribution >= 4 is 12.6 Å². The molecule has 0 saturated carbocycles. The predicted octanol–water partition coefficient (Wildman–Crippen LogP) is 2.68. The van der Waals surface area contributed by atoms with E-state index in [1.54, 1.807) is 0 Å². The largest absolute Gasteiger partial charge is 0.180 e. The molecule has 1 rings (SSSR count). The number of hydrogen-bond donors (Lipinski definition) is 1. The van der Waals surface area contributed by atoms with E-state index in [4.69, 9.17) is 6.92 Å². The molecule has 0 fully saturated rings. The van der Waals surface area contributed by atoms with E-state index in [0.717, 1.165) is 11.3 Å². The van der Waals surface area contributed by atoms with E-state index in [-0.39, 0.29) is 0 Å². The highest BCUT2D eigenvalue weighted by Crippen LogP contribution is 1.92. The van der Waals surface area contributed by atoms with Gasteiger partial charge in [0.1, 0.15) is 0 Å². The normalized spacial score (nSPS) is 7.90. The summed E-state index contributed by atoms with van der Waals surface area (Å²) in [6.45, 7) is 7.35. The first-order valence-corrected chi connectivity index (χ1v) is 3.86. The maximum Gasteiger partial charge on any atom is -0.00120 e. The summed E-state index contributed by atoms with van der Waals surface area (Å²) in [6, 6.07) is 9.49. The topological polar surface area (TPSA) is 0 Å². The van der Waals surface area contributed by atoms with E-state index in [1.165, 1.54) is 0 Å². The van der Waals surface area contributed by atoms with Gasteiger partial charge in [0.15, 0.2) is 0 Å². The summed E-state index contributed by atoms with van der Waals surface area (Å²) in [7, 11) is 0. The van der Waals surface area contributed by atoms with Gasteiger partial charge in [-0.2, -0.15) is 12.6 Å². The van der Waals surface area contributed by atoms with Gasteiger partial charge in [0.2, 0.25) is 0 Å². The summed E-state index contributed by atoms with van der Waals surface area (Å²) < 4.78 is 0. The minimum atomic E-state index is 0.822. The molecule has 0 aliphatic carbocycles. The third-order valence-corrected chi connectivity index (χ3v) is 0.800. The van der Waals surface area contributed by atoms with Gasteiger partial charge in [-0.25, -0.2) is 0 Å². The van der Waals surface area contributed by atoms with Crippen LogP contribution in [0, 0.1) is 6.92 Å². The third-order valence-electron chi connectivity index (χ3n) is 0.800. The molecule has 0 amide bonds. The zero-order valence-corrected chi connectivity index (χ0v) is 7.01. The SMILES string of the molecule is CCS.[CH]c1ccccc1. The monoisotopic (exact) mass is 152 g/mol. The van der Waals surface area contributed by atoms with Crippen LogP contribution in [0.5, 0.6) is 0 Å². The summed E-state index contributed by atoms with van der Waals surface area (Å²) >= 11 is 3.79. The van der Waals surface area contributed by atoms with Gasteiger partial charge in [0.25, 0.3) is 0 Å². The zero-order chi connectivity index (χ0) is 7.82. The number of benzene rings is 1. The van der Waals surface area contributed by atoms with Crippen LogP contribution in [0.3, 0.4) is 0 Å². The summed E-state index contributed by atoms with van der Waals surface area (Å²) in [5.74, 6) is 0.944. The first-order chi connectivity index (χ1) is 4.81. The van der Waals surface area contributed by atoms with Crippen molar-refractivity contribution in [3.05, 3.63) is 42.8 Å². The molecular weight excluding hydrogens is 140 g/mol. The fraction of sp³-hybridized carbons (Fsp3) is 0.222. The minimum Gasteiger partial charge on any atom is -0.180 e. The fourth-order valence-corrected chi connectivity index (χ4v) is 0.453. The van der Waals surface area contributed by atoms with Crippen LogP contribution >= 0.6 is 12.6 Å². The first kappa shape index (κ1) is 9.57. The molecule has 0 aromatic heterocycles. The standard InChI is InChI=1S/C7H6.C2H6S/c1-7-5-3-2-4-6-7;1-2-3/h1-6H;3H,2H2,1H3. The summed E-state index contributed by atoms with van der Waals surface area (Å²) in [4.78, 5) is 0. The van der Waals surface area contributed by atoms with Gasteiger partial charge in [0, 0.05) is 0 Å². The predicted molar refractivity (Wildman–Crippen MR) is 49.4 cm³/mol. The van der Waals surface area contributed by atoms with Crippen molar-refractivity contribution in [3.63, 3.8) is 0 Å². The number of thiol groups is 1. The van der Waals surface area contributed by atoms with Crippen LogP contribution < -0.4 is 0 Å². The molecule has 0 heterocycles. The Kier molecular flexibility index (Phi) is 6.40. The van der Waals surface area contributed by atoms with Crippen molar-refractivity contribution < 1.29 is 0 Å². The summed E-state index contributed by atoms with van der Waals surface area (Å²) in [5, 5.41) is 0. The molecule has 0 aliphatic rings. The number of hydrogen-bond acceptors (Lipinski definition) is 1. The van der Waals surface area contributed by atoms with Crippen molar-refractivity contribution in [1.82, 2.24) is 0 Å². The minimum absolute atomic E-state index is 0.822. The molecule has 0 saturated heterocycles. The fourth-order valence-electron chi connectivity index (χ4n) is 0.453. The Hall–Kier alpha value is -0.430. The van der Waals surface area contributed by atoms with Crippen LogP contribution in [0.1, 0.15) is 12.5 Å². The lowest BCUT2D eigenvalue weighted by Crippen LogP contribution is -1.62. The maximum atomic E-state index is 5.36. The third kappa shape index (κ3) is 5.70. The van der Waals surface area contributed by atoms with Gasteiger partial charge in [-0.05, 0) is 18.2 Å². The highest BCUT2D eigenvalue weighted by Gasteiger charge is 1.72. The molecule has 1 aromatic rings. The smallest absolute Gasteiger partial charge is 0.00120 e. The lowest BCUT2D eigenvalue weighted by Gasteiger charge is -1.82. The van der Waals surface area contributed by atoms with E-state index < -0.39 is 0 Å². The molecule has 1 aromatic carbocycles. The second kappa shape index (κ2) is 6.69. The van der Waals surface area contributed by atoms with Gasteiger partial charge in [-0.3, -0.25) is 0 Å². The molecule has 54 valence electrons. The molecule has 0 nitrogen and oxygen atoms in total. The van der Waals surface area contributed by atoms with E-state index >= 15 is 0 Å². The molecule has 0 unspecified atom stereocenters. The van der Waals surface area contributed by atoms with Crippen molar-refractivity contribution in [2.24, 2.45) is 0 Å². The van der Waals surface area contributed by atoms with E-state index in [0.29, 0.717) is 0 Å². The molecular formula is C9H12S. The van der Waals surface area contributed by atoms with E-state index in [2.05, 4.69) is 12.6 Å². The molecule has 2 radical (unpaired) electrons. The molecule has 0 aliphatic heterocycles. The Balaban J connectivity index is 0.000000236. The van der Waals surface area contributed by atoms with Crippen LogP contribution in [0.4, 0.5) is 0 Å². The van der Waals surface area contributed by atoms with Crippen molar-refractivity contribution in [2.45, 2.75) is 6.92 Å². The van der Waals surface area contributed by atoms with Crippen molar-refractivity contribution in [2.75, 3.05) is 5.75 Å². The zero-order valence-electron chi connectivity index (χ0n) is 6.12. The lowest BCUT2D eigenvalue weighted by molar-refractivity contribution is 1.54. The Labute approximate surface area is 68.7 Å². The van der Waals surface area contributed by atoms with Crippen LogP contribution in [0.2, 0.25) is 0 Å². The quantitative estimate of drug-likeness (QED) is 0.543. The van der Waals surface area contributed by atoms with Crippen LogP contribution in [0.15, 0.2) is 30.3 Å². The second-order valence-corrected chi connectivity index (χ2v) is 2.36. The molecule has 0 spiro atoms. The highest BCUT2D eigenvalue weighted by molar-refractivity contribution is 7.80. The molecule has 10 heavy (non-hydrogen) atoms.